The fraction of sp³-hybridized carbons (Fsp3) is 0.286. The normalized spacial score (nSPS) is 21.9. The van der Waals surface area contributed by atoms with Crippen LogP contribution in [0.25, 0.3) is 33.3 Å². The molecule has 0 bridgehead atoms. The van der Waals surface area contributed by atoms with E-state index in [9.17, 15) is 13.6 Å². The van der Waals surface area contributed by atoms with Crippen molar-refractivity contribution in [1.29, 1.82) is 0 Å². The molecule has 3 aromatic heterocycles. The van der Waals surface area contributed by atoms with Crippen LogP contribution in [0.15, 0.2) is 42.9 Å². The van der Waals surface area contributed by atoms with Gasteiger partial charge in [0.1, 0.15) is 0 Å². The molecule has 6 rings (SSSR count). The molecule has 1 aliphatic carbocycles. The molecule has 0 radical (unpaired) electrons. The molecule has 0 N–H and O–H groups in total. The van der Waals surface area contributed by atoms with E-state index in [0.29, 0.717) is 27.9 Å². The summed E-state index contributed by atoms with van der Waals surface area (Å²) in [6.07, 6.45) is 5.23. The van der Waals surface area contributed by atoms with Crippen molar-refractivity contribution >= 4 is 28.0 Å². The zero-order chi connectivity index (χ0) is 20.6. The molecular formula is C21H16F2N6O. The Morgan fingerprint density at radius 1 is 1.10 bits per heavy atom. The van der Waals surface area contributed by atoms with Gasteiger partial charge < -0.3 is 4.90 Å². The number of pyridine rings is 1. The molecule has 30 heavy (non-hydrogen) atoms. The van der Waals surface area contributed by atoms with Crippen molar-refractivity contribution in [2.45, 2.75) is 5.92 Å². The monoisotopic (exact) mass is 406 g/mol. The quantitative estimate of drug-likeness (QED) is 0.512. The highest BCUT2D eigenvalue weighted by Crippen LogP contribution is 2.59. The first kappa shape index (κ1) is 17.4. The van der Waals surface area contributed by atoms with Crippen LogP contribution >= 0.6 is 0 Å². The summed E-state index contributed by atoms with van der Waals surface area (Å²) in [6, 6.07) is 7.01. The average Bonchev–Trinajstić information content (AvgIpc) is 3.14. The number of alkyl halides is 2. The second kappa shape index (κ2) is 5.78. The Kier molecular flexibility index (Phi) is 3.35. The SMILES string of the molecule is Cn1cc2cc(-c3cnc4ccc(C(=O)N5CC6C(C5)C6(F)F)cc4n3)cnc2n1. The molecule has 1 aliphatic heterocycles. The van der Waals surface area contributed by atoms with Gasteiger partial charge >= 0.3 is 0 Å². The summed E-state index contributed by atoms with van der Waals surface area (Å²) in [5, 5.41) is 5.16. The molecule has 7 nitrogen and oxygen atoms in total. The number of aryl methyl sites for hydroxylation is 1. The number of likely N-dealkylation sites (tertiary alicyclic amines) is 1. The van der Waals surface area contributed by atoms with Crippen molar-refractivity contribution in [3.05, 3.63) is 48.4 Å². The highest BCUT2D eigenvalue weighted by atomic mass is 19.3. The number of hydrogen-bond acceptors (Lipinski definition) is 5. The third-order valence-corrected chi connectivity index (χ3v) is 6.05. The van der Waals surface area contributed by atoms with Crippen molar-refractivity contribution in [3.63, 3.8) is 0 Å². The first-order valence-electron chi connectivity index (χ1n) is 9.64. The number of carbonyl (C=O) groups is 1. The van der Waals surface area contributed by atoms with Crippen LogP contribution in [0.5, 0.6) is 0 Å². The smallest absolute Gasteiger partial charge is 0.258 e. The number of halogens is 2. The van der Waals surface area contributed by atoms with Crippen LogP contribution in [0.4, 0.5) is 8.78 Å². The van der Waals surface area contributed by atoms with Crippen molar-refractivity contribution in [3.8, 4) is 11.3 Å². The molecule has 0 spiro atoms. The van der Waals surface area contributed by atoms with Crippen LogP contribution in [-0.2, 0) is 7.05 Å². The number of benzene rings is 1. The van der Waals surface area contributed by atoms with Crippen LogP contribution in [0, 0.1) is 11.8 Å². The van der Waals surface area contributed by atoms with Gasteiger partial charge in [0.05, 0.1) is 34.8 Å². The predicted octanol–water partition coefficient (Wildman–Crippen LogP) is 2.92. The summed E-state index contributed by atoms with van der Waals surface area (Å²) in [6.45, 7) is 0.216. The highest BCUT2D eigenvalue weighted by Gasteiger charge is 2.72. The van der Waals surface area contributed by atoms with Gasteiger partial charge in [-0.25, -0.2) is 18.7 Å². The van der Waals surface area contributed by atoms with E-state index < -0.39 is 17.8 Å². The second-order valence-electron chi connectivity index (χ2n) is 8.00. The molecule has 1 saturated heterocycles. The fourth-order valence-corrected chi connectivity index (χ4v) is 4.31. The Bertz CT molecular complexity index is 1340. The van der Waals surface area contributed by atoms with Crippen molar-refractivity contribution in [2.75, 3.05) is 13.1 Å². The zero-order valence-electron chi connectivity index (χ0n) is 16.0. The lowest BCUT2D eigenvalue weighted by molar-refractivity contribution is 0.0459. The van der Waals surface area contributed by atoms with Crippen molar-refractivity contribution in [1.82, 2.24) is 29.6 Å². The largest absolute Gasteiger partial charge is 0.338 e. The molecule has 1 saturated carbocycles. The highest BCUT2D eigenvalue weighted by molar-refractivity contribution is 5.97. The van der Waals surface area contributed by atoms with Gasteiger partial charge in [-0.3, -0.25) is 14.5 Å². The number of nitrogens with zero attached hydrogens (tertiary/aromatic N) is 6. The summed E-state index contributed by atoms with van der Waals surface area (Å²) in [5.74, 6) is -4.24. The Balaban J connectivity index is 1.33. The first-order chi connectivity index (χ1) is 14.4. The summed E-state index contributed by atoms with van der Waals surface area (Å²) in [4.78, 5) is 27.7. The zero-order valence-corrected chi connectivity index (χ0v) is 16.0. The van der Waals surface area contributed by atoms with E-state index in [-0.39, 0.29) is 19.0 Å². The maximum atomic E-state index is 13.4. The van der Waals surface area contributed by atoms with Gasteiger partial charge in [0, 0.05) is 49.0 Å². The van der Waals surface area contributed by atoms with E-state index in [0.717, 1.165) is 10.9 Å². The summed E-state index contributed by atoms with van der Waals surface area (Å²) in [7, 11) is 1.83. The number of rotatable bonds is 2. The lowest BCUT2D eigenvalue weighted by Crippen LogP contribution is -2.33. The molecule has 9 heteroatoms. The third kappa shape index (κ3) is 2.51. The van der Waals surface area contributed by atoms with Crippen LogP contribution in [0.3, 0.4) is 0 Å². The van der Waals surface area contributed by atoms with Crippen LogP contribution < -0.4 is 0 Å². The van der Waals surface area contributed by atoms with Gasteiger partial charge in [-0.15, -0.1) is 0 Å². The minimum atomic E-state index is -2.61. The number of fused-ring (bicyclic) bond motifs is 3. The number of amides is 1. The van der Waals surface area contributed by atoms with E-state index in [1.165, 1.54) is 4.90 Å². The minimum Gasteiger partial charge on any atom is -0.338 e. The molecule has 1 aromatic carbocycles. The van der Waals surface area contributed by atoms with Crippen LogP contribution in [-0.4, -0.2) is 54.6 Å². The Morgan fingerprint density at radius 3 is 2.70 bits per heavy atom. The van der Waals surface area contributed by atoms with Gasteiger partial charge in [-0.2, -0.15) is 5.10 Å². The Hall–Kier alpha value is -3.49. The molecule has 2 aliphatic rings. The number of aromatic nitrogens is 5. The maximum Gasteiger partial charge on any atom is 0.258 e. The number of carbonyl (C=O) groups excluding carboxylic acids is 1. The molecule has 2 unspecified atom stereocenters. The van der Waals surface area contributed by atoms with E-state index in [2.05, 4.69) is 20.1 Å². The van der Waals surface area contributed by atoms with Gasteiger partial charge in [0.2, 0.25) is 0 Å². The number of piperidine rings is 1. The molecule has 2 atom stereocenters. The Labute approximate surface area is 169 Å². The van der Waals surface area contributed by atoms with Crippen molar-refractivity contribution < 1.29 is 13.6 Å². The maximum absolute atomic E-state index is 13.4. The second-order valence-corrected chi connectivity index (χ2v) is 8.00. The van der Waals surface area contributed by atoms with E-state index >= 15 is 0 Å². The van der Waals surface area contributed by atoms with Crippen molar-refractivity contribution in [2.24, 2.45) is 18.9 Å². The molecule has 150 valence electrons. The van der Waals surface area contributed by atoms with Gasteiger partial charge in [-0.05, 0) is 24.3 Å². The van der Waals surface area contributed by atoms with Crippen LogP contribution in [0.1, 0.15) is 10.4 Å². The Morgan fingerprint density at radius 2 is 1.90 bits per heavy atom. The fourth-order valence-electron chi connectivity index (χ4n) is 4.31. The first-order valence-corrected chi connectivity index (χ1v) is 9.64. The molecule has 4 aromatic rings. The predicted molar refractivity (Wildman–Crippen MR) is 105 cm³/mol. The summed E-state index contributed by atoms with van der Waals surface area (Å²) >= 11 is 0. The summed E-state index contributed by atoms with van der Waals surface area (Å²) < 4.78 is 28.6. The molecule has 1 amide bonds. The van der Waals surface area contributed by atoms with Gasteiger partial charge in [-0.1, -0.05) is 0 Å². The van der Waals surface area contributed by atoms with Gasteiger partial charge in [0.15, 0.2) is 5.65 Å². The molecule has 4 heterocycles. The standard InChI is InChI=1S/C21H16F2N6O/c1-28-8-13-4-12(6-25-19(13)27-28)18-7-24-16-3-2-11(5-17(16)26-18)20(30)29-9-14-15(10-29)21(14,22)23/h2-8,14-15H,9-10H2,1H3. The van der Waals surface area contributed by atoms with E-state index in [1.54, 1.807) is 35.3 Å². The minimum absolute atomic E-state index is 0.108. The van der Waals surface area contributed by atoms with E-state index in [1.807, 2.05) is 19.3 Å². The molecule has 2 fully saturated rings. The van der Waals surface area contributed by atoms with E-state index in [4.69, 9.17) is 0 Å². The molecular weight excluding hydrogens is 390 g/mol. The number of hydrogen-bond donors (Lipinski definition) is 0. The van der Waals surface area contributed by atoms with Crippen LogP contribution in [0.2, 0.25) is 0 Å². The van der Waals surface area contributed by atoms with Gasteiger partial charge in [0.25, 0.3) is 11.8 Å². The topological polar surface area (TPSA) is 76.8 Å². The third-order valence-electron chi connectivity index (χ3n) is 6.05. The lowest BCUT2D eigenvalue weighted by Gasteiger charge is -2.20. The average molecular weight is 406 g/mol. The lowest BCUT2D eigenvalue weighted by atomic mass is 10.1. The summed E-state index contributed by atoms with van der Waals surface area (Å²) in [5.41, 5.74) is 3.73.